The van der Waals surface area contributed by atoms with Crippen LogP contribution in [0.1, 0.15) is 11.3 Å². The van der Waals surface area contributed by atoms with E-state index >= 15 is 0 Å². The van der Waals surface area contributed by atoms with Crippen LogP contribution in [0.15, 0.2) is 18.3 Å². The molecular weight excluding hydrogens is 233 g/mol. The minimum Gasteiger partial charge on any atom is -0.396 e. The molecule has 0 spiro atoms. The molecule has 3 nitrogen and oxygen atoms in total. The number of pyridine rings is 1. The Morgan fingerprint density at radius 1 is 1.35 bits per heavy atom. The van der Waals surface area contributed by atoms with Gasteiger partial charge in [0.15, 0.2) is 0 Å². The number of aliphatic hydroxyl groups is 1. The first-order valence-electron chi connectivity index (χ1n) is 5.06. The van der Waals surface area contributed by atoms with Crippen LogP contribution in [0.2, 0.25) is 0 Å². The van der Waals surface area contributed by atoms with Gasteiger partial charge in [-0.2, -0.15) is 13.2 Å². The van der Waals surface area contributed by atoms with Gasteiger partial charge in [-0.25, -0.2) is 4.98 Å². The van der Waals surface area contributed by atoms with E-state index < -0.39 is 11.7 Å². The molecule has 0 saturated carbocycles. The molecule has 0 aliphatic rings. The molecule has 2 aromatic heterocycles. The number of aryl methyl sites for hydroxylation is 1. The standard InChI is InChI=1S/C11H11F3N2O/c1-16-9(2-3-17)5-7-4-8(11(12,13)14)6-15-10(7)16/h4-6,17H,2-3H2,1H3. The second-order valence-electron chi connectivity index (χ2n) is 3.80. The Hall–Kier alpha value is -1.56. The summed E-state index contributed by atoms with van der Waals surface area (Å²) in [5.74, 6) is 0. The van der Waals surface area contributed by atoms with Gasteiger partial charge < -0.3 is 9.67 Å². The smallest absolute Gasteiger partial charge is 0.396 e. The number of hydrogen-bond acceptors (Lipinski definition) is 2. The van der Waals surface area contributed by atoms with E-state index in [0.717, 1.165) is 18.0 Å². The molecule has 0 aliphatic heterocycles. The van der Waals surface area contributed by atoms with Crippen LogP contribution in [0.5, 0.6) is 0 Å². The van der Waals surface area contributed by atoms with Gasteiger partial charge in [-0.1, -0.05) is 0 Å². The third kappa shape index (κ3) is 2.12. The lowest BCUT2D eigenvalue weighted by Gasteiger charge is -2.05. The highest BCUT2D eigenvalue weighted by atomic mass is 19.4. The fraction of sp³-hybridized carbons (Fsp3) is 0.364. The van der Waals surface area contributed by atoms with Crippen molar-refractivity contribution >= 4 is 11.0 Å². The normalized spacial score (nSPS) is 12.3. The van der Waals surface area contributed by atoms with Crippen molar-refractivity contribution in [2.24, 2.45) is 7.05 Å². The van der Waals surface area contributed by atoms with E-state index in [1.54, 1.807) is 17.7 Å². The Bertz CT molecular complexity index is 545. The lowest BCUT2D eigenvalue weighted by molar-refractivity contribution is -0.137. The Morgan fingerprint density at radius 3 is 2.65 bits per heavy atom. The fourth-order valence-electron chi connectivity index (χ4n) is 1.78. The molecule has 17 heavy (non-hydrogen) atoms. The van der Waals surface area contributed by atoms with Crippen molar-refractivity contribution < 1.29 is 18.3 Å². The second-order valence-corrected chi connectivity index (χ2v) is 3.80. The van der Waals surface area contributed by atoms with Crippen LogP contribution in [0, 0.1) is 0 Å². The van der Waals surface area contributed by atoms with Crippen molar-refractivity contribution in [2.45, 2.75) is 12.6 Å². The number of aliphatic hydroxyl groups excluding tert-OH is 1. The number of rotatable bonds is 2. The molecule has 0 aliphatic carbocycles. The van der Waals surface area contributed by atoms with Gasteiger partial charge in [0.2, 0.25) is 0 Å². The zero-order valence-corrected chi connectivity index (χ0v) is 9.12. The van der Waals surface area contributed by atoms with Crippen LogP contribution >= 0.6 is 0 Å². The average molecular weight is 244 g/mol. The summed E-state index contributed by atoms with van der Waals surface area (Å²) < 4.78 is 39.1. The first-order valence-corrected chi connectivity index (χ1v) is 5.06. The van der Waals surface area contributed by atoms with E-state index in [9.17, 15) is 13.2 Å². The molecule has 2 aromatic rings. The summed E-state index contributed by atoms with van der Waals surface area (Å²) in [6.07, 6.45) is -3.16. The number of hydrogen-bond donors (Lipinski definition) is 1. The largest absolute Gasteiger partial charge is 0.417 e. The van der Waals surface area contributed by atoms with E-state index in [4.69, 9.17) is 5.11 Å². The maximum atomic E-state index is 12.5. The summed E-state index contributed by atoms with van der Waals surface area (Å²) in [5.41, 5.74) is 0.488. The summed E-state index contributed by atoms with van der Waals surface area (Å²) in [4.78, 5) is 3.81. The van der Waals surface area contributed by atoms with Crippen molar-refractivity contribution in [1.29, 1.82) is 0 Å². The zero-order valence-electron chi connectivity index (χ0n) is 9.12. The highest BCUT2D eigenvalue weighted by molar-refractivity contribution is 5.78. The number of fused-ring (bicyclic) bond motifs is 1. The maximum absolute atomic E-state index is 12.5. The molecule has 92 valence electrons. The molecule has 0 amide bonds. The summed E-state index contributed by atoms with van der Waals surface area (Å²) in [6, 6.07) is 2.69. The number of halogens is 3. The highest BCUT2D eigenvalue weighted by Crippen LogP contribution is 2.31. The SMILES string of the molecule is Cn1c(CCO)cc2cc(C(F)(F)F)cnc21. The topological polar surface area (TPSA) is 38.0 Å². The molecule has 0 unspecified atom stereocenters. The Labute approximate surface area is 95.5 Å². The molecule has 0 radical (unpaired) electrons. The van der Waals surface area contributed by atoms with Gasteiger partial charge in [-0.05, 0) is 12.1 Å². The molecule has 0 fully saturated rings. The van der Waals surface area contributed by atoms with Crippen LogP contribution in [-0.4, -0.2) is 21.3 Å². The minimum absolute atomic E-state index is 0.0453. The molecule has 6 heteroatoms. The Kier molecular flexibility index (Phi) is 2.82. The van der Waals surface area contributed by atoms with Gasteiger partial charge >= 0.3 is 6.18 Å². The predicted octanol–water partition coefficient (Wildman–Crippen LogP) is 2.13. The van der Waals surface area contributed by atoms with E-state index in [1.807, 2.05) is 0 Å². The van der Waals surface area contributed by atoms with Gasteiger partial charge in [-0.15, -0.1) is 0 Å². The molecule has 2 rings (SSSR count). The lowest BCUT2D eigenvalue weighted by Crippen LogP contribution is -2.05. The van der Waals surface area contributed by atoms with Crippen molar-refractivity contribution in [3.8, 4) is 0 Å². The van der Waals surface area contributed by atoms with Crippen LogP contribution < -0.4 is 0 Å². The van der Waals surface area contributed by atoms with Gasteiger partial charge in [0, 0.05) is 37.4 Å². The van der Waals surface area contributed by atoms with Crippen LogP contribution in [0.4, 0.5) is 13.2 Å². The number of alkyl halides is 3. The molecule has 1 N–H and O–H groups in total. The fourth-order valence-corrected chi connectivity index (χ4v) is 1.78. The molecule has 2 heterocycles. The van der Waals surface area contributed by atoms with Gasteiger partial charge in [0.25, 0.3) is 0 Å². The number of nitrogens with zero attached hydrogens (tertiary/aromatic N) is 2. The second kappa shape index (κ2) is 4.03. The third-order valence-corrected chi connectivity index (χ3v) is 2.66. The van der Waals surface area contributed by atoms with Crippen LogP contribution in [0.3, 0.4) is 0 Å². The minimum atomic E-state index is -4.38. The van der Waals surface area contributed by atoms with Crippen molar-refractivity contribution in [3.63, 3.8) is 0 Å². The average Bonchev–Trinajstić information content (AvgIpc) is 2.55. The van der Waals surface area contributed by atoms with Crippen molar-refractivity contribution in [1.82, 2.24) is 9.55 Å². The maximum Gasteiger partial charge on any atom is 0.417 e. The van der Waals surface area contributed by atoms with Gasteiger partial charge in [0.05, 0.1) is 5.56 Å². The van der Waals surface area contributed by atoms with Crippen LogP contribution in [-0.2, 0) is 19.6 Å². The van der Waals surface area contributed by atoms with Crippen LogP contribution in [0.25, 0.3) is 11.0 Å². The summed E-state index contributed by atoms with van der Waals surface area (Å²) in [7, 11) is 1.72. The van der Waals surface area contributed by atoms with E-state index in [2.05, 4.69) is 4.98 Å². The Morgan fingerprint density at radius 2 is 2.06 bits per heavy atom. The molecular formula is C11H11F3N2O. The summed E-state index contributed by atoms with van der Waals surface area (Å²) in [6.45, 7) is -0.0453. The van der Waals surface area contributed by atoms with Crippen molar-refractivity contribution in [3.05, 3.63) is 29.6 Å². The predicted molar refractivity (Wildman–Crippen MR) is 56.5 cm³/mol. The first-order chi connectivity index (χ1) is 7.93. The van der Waals surface area contributed by atoms with E-state index in [1.165, 1.54) is 0 Å². The molecule has 0 aromatic carbocycles. The van der Waals surface area contributed by atoms with Gasteiger partial charge in [-0.3, -0.25) is 0 Å². The third-order valence-electron chi connectivity index (χ3n) is 2.66. The first kappa shape index (κ1) is 11.9. The zero-order chi connectivity index (χ0) is 12.6. The molecule has 0 bridgehead atoms. The quantitative estimate of drug-likeness (QED) is 0.878. The van der Waals surface area contributed by atoms with Gasteiger partial charge in [0.1, 0.15) is 5.65 Å². The Balaban J connectivity index is 2.56. The summed E-state index contributed by atoms with van der Waals surface area (Å²) in [5, 5.41) is 9.28. The lowest BCUT2D eigenvalue weighted by atomic mass is 10.2. The highest BCUT2D eigenvalue weighted by Gasteiger charge is 2.31. The summed E-state index contributed by atoms with van der Waals surface area (Å²) >= 11 is 0. The molecule has 0 saturated heterocycles. The van der Waals surface area contributed by atoms with E-state index in [0.29, 0.717) is 17.5 Å². The van der Waals surface area contributed by atoms with Crippen molar-refractivity contribution in [2.75, 3.05) is 6.61 Å². The molecule has 0 atom stereocenters. The monoisotopic (exact) mass is 244 g/mol. The van der Waals surface area contributed by atoms with E-state index in [-0.39, 0.29) is 6.61 Å². The number of aromatic nitrogens is 2.